The number of alkyl halides is 3. The first kappa shape index (κ1) is 18.2. The number of aliphatic hydroxyl groups is 1. The molecule has 1 rings (SSSR count). The van der Waals surface area contributed by atoms with Crippen LogP contribution >= 0.6 is 0 Å². The smallest absolute Gasteiger partial charge is 0.389 e. The zero-order valence-electron chi connectivity index (χ0n) is 12.6. The largest absolute Gasteiger partial charge is 0.396 e. The van der Waals surface area contributed by atoms with Gasteiger partial charge in [-0.3, -0.25) is 4.79 Å². The Kier molecular flexibility index (Phi) is 6.93. The number of nitrogens with zero attached hydrogens (tertiary/aromatic N) is 1. The zero-order valence-corrected chi connectivity index (χ0v) is 12.6. The van der Waals surface area contributed by atoms with Gasteiger partial charge in [-0.1, -0.05) is 13.8 Å². The van der Waals surface area contributed by atoms with Crippen LogP contribution in [0.25, 0.3) is 0 Å². The van der Waals surface area contributed by atoms with Gasteiger partial charge in [0.15, 0.2) is 0 Å². The van der Waals surface area contributed by atoms with Crippen LogP contribution in [0.2, 0.25) is 0 Å². The van der Waals surface area contributed by atoms with E-state index in [1.807, 2.05) is 0 Å². The second-order valence-electron chi connectivity index (χ2n) is 6.03. The number of hydrogen-bond donors (Lipinski definition) is 2. The van der Waals surface area contributed by atoms with Crippen LogP contribution in [0.3, 0.4) is 0 Å². The van der Waals surface area contributed by atoms with E-state index in [9.17, 15) is 18.0 Å². The van der Waals surface area contributed by atoms with Gasteiger partial charge in [0, 0.05) is 38.7 Å². The van der Waals surface area contributed by atoms with E-state index in [1.165, 1.54) is 0 Å². The lowest BCUT2D eigenvalue weighted by Gasteiger charge is -2.23. The Balaban J connectivity index is 2.48. The van der Waals surface area contributed by atoms with Gasteiger partial charge in [0.05, 0.1) is 6.42 Å². The predicted octanol–water partition coefficient (Wildman–Crippen LogP) is 1.78. The van der Waals surface area contributed by atoms with Crippen molar-refractivity contribution in [3.05, 3.63) is 0 Å². The molecule has 7 heteroatoms. The molecule has 124 valence electrons. The summed E-state index contributed by atoms with van der Waals surface area (Å²) in [5.41, 5.74) is 0. The van der Waals surface area contributed by atoms with E-state index in [4.69, 9.17) is 5.11 Å². The second-order valence-corrected chi connectivity index (χ2v) is 6.03. The minimum Gasteiger partial charge on any atom is -0.396 e. The Labute approximate surface area is 123 Å². The van der Waals surface area contributed by atoms with Crippen molar-refractivity contribution in [2.24, 2.45) is 11.8 Å². The van der Waals surface area contributed by atoms with E-state index >= 15 is 0 Å². The number of carbonyl (C=O) groups excluding carboxylic acids is 1. The van der Waals surface area contributed by atoms with Crippen LogP contribution < -0.4 is 5.32 Å². The van der Waals surface area contributed by atoms with Crippen molar-refractivity contribution in [1.82, 2.24) is 10.2 Å². The Morgan fingerprint density at radius 2 is 2.05 bits per heavy atom. The van der Waals surface area contributed by atoms with E-state index in [2.05, 4.69) is 24.1 Å². The average molecular weight is 310 g/mol. The first-order valence-corrected chi connectivity index (χ1v) is 7.42. The van der Waals surface area contributed by atoms with Gasteiger partial charge in [0.25, 0.3) is 0 Å². The third kappa shape index (κ3) is 6.65. The molecule has 1 saturated heterocycles. The highest BCUT2D eigenvalue weighted by Gasteiger charge is 2.36. The maximum atomic E-state index is 12.1. The zero-order chi connectivity index (χ0) is 16.0. The topological polar surface area (TPSA) is 52.6 Å². The minimum absolute atomic E-state index is 0.107. The first-order valence-electron chi connectivity index (χ1n) is 7.42. The maximum absolute atomic E-state index is 12.1. The second kappa shape index (κ2) is 7.98. The summed E-state index contributed by atoms with van der Waals surface area (Å²) in [6, 6.07) is -0.107. The number of halogens is 3. The van der Waals surface area contributed by atoms with Gasteiger partial charge in [0.2, 0.25) is 5.91 Å². The Morgan fingerprint density at radius 1 is 1.38 bits per heavy atom. The van der Waals surface area contributed by atoms with Crippen LogP contribution in [0.1, 0.15) is 33.1 Å². The van der Waals surface area contributed by atoms with E-state index in [0.717, 1.165) is 13.1 Å². The summed E-state index contributed by atoms with van der Waals surface area (Å²) in [4.78, 5) is 13.8. The molecule has 0 aromatic rings. The standard InChI is InChI=1S/C14H25F3N2O2/c1-10(2)11-8-19(6-3-7-20)9-12(11)18-13(21)4-5-14(15,16)17/h10-12,20H,3-9H2,1-2H3,(H,18,21)/t11-,12+/m1/s1. The summed E-state index contributed by atoms with van der Waals surface area (Å²) in [5.74, 6) is 0.0440. The number of aliphatic hydroxyl groups excluding tert-OH is 1. The van der Waals surface area contributed by atoms with Gasteiger partial charge in [-0.15, -0.1) is 0 Å². The molecule has 0 aromatic heterocycles. The molecular formula is C14H25F3N2O2. The fourth-order valence-corrected chi connectivity index (χ4v) is 2.75. The Hall–Kier alpha value is -0.820. The summed E-state index contributed by atoms with van der Waals surface area (Å²) in [5, 5.41) is 11.6. The SMILES string of the molecule is CC(C)[C@H]1CN(CCCO)C[C@@H]1NC(=O)CCC(F)(F)F. The lowest BCUT2D eigenvalue weighted by Crippen LogP contribution is -2.42. The summed E-state index contributed by atoms with van der Waals surface area (Å²) >= 11 is 0. The lowest BCUT2D eigenvalue weighted by molar-refractivity contribution is -0.144. The fourth-order valence-electron chi connectivity index (χ4n) is 2.75. The molecule has 21 heavy (non-hydrogen) atoms. The van der Waals surface area contributed by atoms with Gasteiger partial charge in [0.1, 0.15) is 0 Å². The molecule has 0 unspecified atom stereocenters. The molecule has 4 nitrogen and oxygen atoms in total. The number of nitrogens with one attached hydrogen (secondary N) is 1. The first-order chi connectivity index (χ1) is 9.73. The van der Waals surface area contributed by atoms with Crippen molar-refractivity contribution in [2.45, 2.75) is 45.3 Å². The highest BCUT2D eigenvalue weighted by atomic mass is 19.4. The monoisotopic (exact) mass is 310 g/mol. The summed E-state index contributed by atoms with van der Waals surface area (Å²) in [7, 11) is 0. The van der Waals surface area contributed by atoms with Crippen molar-refractivity contribution in [1.29, 1.82) is 0 Å². The molecule has 0 saturated carbocycles. The summed E-state index contributed by atoms with van der Waals surface area (Å²) in [6.45, 7) is 6.41. The quantitative estimate of drug-likeness (QED) is 0.754. The van der Waals surface area contributed by atoms with Gasteiger partial charge >= 0.3 is 6.18 Å². The van der Waals surface area contributed by atoms with E-state index < -0.39 is 24.9 Å². The highest BCUT2D eigenvalue weighted by Crippen LogP contribution is 2.25. The molecule has 2 atom stereocenters. The number of hydrogen-bond acceptors (Lipinski definition) is 3. The molecule has 1 fully saturated rings. The number of likely N-dealkylation sites (tertiary alicyclic amines) is 1. The van der Waals surface area contributed by atoms with Crippen molar-refractivity contribution in [3.8, 4) is 0 Å². The maximum Gasteiger partial charge on any atom is 0.389 e. The number of rotatable bonds is 7. The molecule has 2 N–H and O–H groups in total. The number of amides is 1. The van der Waals surface area contributed by atoms with Crippen LogP contribution in [0, 0.1) is 11.8 Å². The van der Waals surface area contributed by atoms with Crippen LogP contribution in [0.5, 0.6) is 0 Å². The van der Waals surface area contributed by atoms with Gasteiger partial charge in [-0.05, 0) is 18.3 Å². The van der Waals surface area contributed by atoms with Gasteiger partial charge in [-0.2, -0.15) is 13.2 Å². The summed E-state index contributed by atoms with van der Waals surface area (Å²) < 4.78 is 36.4. The lowest BCUT2D eigenvalue weighted by atomic mass is 9.91. The number of carbonyl (C=O) groups is 1. The highest BCUT2D eigenvalue weighted by molar-refractivity contribution is 5.76. The molecule has 1 aliphatic rings. The van der Waals surface area contributed by atoms with E-state index in [0.29, 0.717) is 18.9 Å². The van der Waals surface area contributed by atoms with Crippen LogP contribution in [0.4, 0.5) is 13.2 Å². The van der Waals surface area contributed by atoms with Gasteiger partial charge < -0.3 is 15.3 Å². The van der Waals surface area contributed by atoms with E-state index in [1.54, 1.807) is 0 Å². The van der Waals surface area contributed by atoms with Crippen LogP contribution in [-0.2, 0) is 4.79 Å². The molecule has 1 aliphatic heterocycles. The molecule has 0 spiro atoms. The Morgan fingerprint density at radius 3 is 2.57 bits per heavy atom. The minimum atomic E-state index is -4.29. The molecule has 0 bridgehead atoms. The van der Waals surface area contributed by atoms with Crippen molar-refractivity contribution < 1.29 is 23.1 Å². The van der Waals surface area contributed by atoms with Crippen molar-refractivity contribution >= 4 is 5.91 Å². The molecule has 0 radical (unpaired) electrons. The summed E-state index contributed by atoms with van der Waals surface area (Å²) in [6.07, 6.45) is -5.22. The van der Waals surface area contributed by atoms with E-state index in [-0.39, 0.29) is 18.6 Å². The molecule has 0 aromatic carbocycles. The third-order valence-electron chi connectivity index (χ3n) is 3.91. The fraction of sp³-hybridized carbons (Fsp3) is 0.929. The third-order valence-corrected chi connectivity index (χ3v) is 3.91. The van der Waals surface area contributed by atoms with Crippen LogP contribution in [0.15, 0.2) is 0 Å². The average Bonchev–Trinajstić information content (AvgIpc) is 2.76. The Bertz CT molecular complexity index is 335. The normalized spacial score (nSPS) is 23.8. The molecular weight excluding hydrogens is 285 g/mol. The molecule has 0 aliphatic carbocycles. The molecule has 1 amide bonds. The predicted molar refractivity (Wildman–Crippen MR) is 73.7 cm³/mol. The van der Waals surface area contributed by atoms with Crippen molar-refractivity contribution in [3.63, 3.8) is 0 Å². The van der Waals surface area contributed by atoms with Gasteiger partial charge in [-0.25, -0.2) is 0 Å². The molecule has 1 heterocycles. The van der Waals surface area contributed by atoms with Crippen LogP contribution in [-0.4, -0.2) is 54.4 Å². The van der Waals surface area contributed by atoms with Crippen molar-refractivity contribution in [2.75, 3.05) is 26.2 Å².